The quantitative estimate of drug-likeness (QED) is 0.0485. The zero-order chi connectivity index (χ0) is 35.7. The van der Waals surface area contributed by atoms with Gasteiger partial charge in [0, 0.05) is 39.0 Å². The number of halogens is 2. The molecule has 5 rings (SSSR count). The van der Waals surface area contributed by atoms with Crippen LogP contribution in [0.4, 0.5) is 0 Å². The Morgan fingerprint density at radius 1 is 0.333 bits per heavy atom. The monoisotopic (exact) mass is 904 g/mol. The highest BCUT2D eigenvalue weighted by molar-refractivity contribution is 9.11. The predicted molar refractivity (Wildman–Crippen MR) is 244 cm³/mol. The van der Waals surface area contributed by atoms with E-state index in [4.69, 9.17) is 0 Å². The van der Waals surface area contributed by atoms with Gasteiger partial charge in [0.2, 0.25) is 0 Å². The van der Waals surface area contributed by atoms with Crippen molar-refractivity contribution in [3.05, 3.63) is 67.2 Å². The number of unbranched alkanes of at least 4 members (excludes halogenated alkanes) is 18. The lowest BCUT2D eigenvalue weighted by molar-refractivity contribution is 0.553. The van der Waals surface area contributed by atoms with Crippen LogP contribution in [0.3, 0.4) is 0 Å². The zero-order valence-electron chi connectivity index (χ0n) is 31.0. The Morgan fingerprint density at radius 3 is 0.961 bits per heavy atom. The van der Waals surface area contributed by atoms with Crippen LogP contribution in [0.25, 0.3) is 39.0 Å². The fraction of sp³-hybridized carbons (Fsp3) is 0.545. The van der Waals surface area contributed by atoms with E-state index < -0.39 is 0 Å². The van der Waals surface area contributed by atoms with E-state index in [2.05, 4.69) is 106 Å². The van der Waals surface area contributed by atoms with Crippen molar-refractivity contribution in [3.63, 3.8) is 0 Å². The largest absolute Gasteiger partial charge is 0.134 e. The molecule has 0 atom stereocenters. The summed E-state index contributed by atoms with van der Waals surface area (Å²) in [6.07, 6.45) is 30.2. The van der Waals surface area contributed by atoms with E-state index in [0.29, 0.717) is 0 Å². The average molecular weight is 907 g/mol. The summed E-state index contributed by atoms with van der Waals surface area (Å²) < 4.78 is 2.41. The maximum Gasteiger partial charge on any atom is 0.0705 e. The van der Waals surface area contributed by atoms with Crippen LogP contribution in [-0.2, 0) is 12.8 Å². The van der Waals surface area contributed by atoms with Crippen LogP contribution in [-0.4, -0.2) is 0 Å². The highest BCUT2D eigenvalue weighted by Crippen LogP contribution is 2.50. The first-order chi connectivity index (χ1) is 25.1. The van der Waals surface area contributed by atoms with Crippen LogP contribution < -0.4 is 0 Å². The van der Waals surface area contributed by atoms with E-state index in [9.17, 15) is 0 Å². The molecular weight excluding hydrogens is 849 g/mol. The highest BCUT2D eigenvalue weighted by Gasteiger charge is 2.23. The molecule has 0 bridgehead atoms. The van der Waals surface area contributed by atoms with Gasteiger partial charge in [0.1, 0.15) is 0 Å². The molecule has 0 aliphatic carbocycles. The van der Waals surface area contributed by atoms with Gasteiger partial charge in [-0.3, -0.25) is 0 Å². The molecule has 0 aromatic carbocycles. The number of hydrogen-bond donors (Lipinski definition) is 0. The Hall–Kier alpha value is -0.540. The molecule has 0 aliphatic heterocycles. The van der Waals surface area contributed by atoms with Gasteiger partial charge in [0.05, 0.1) is 7.57 Å². The normalized spacial score (nSPS) is 11.7. The second-order valence-electron chi connectivity index (χ2n) is 14.1. The third-order valence-electron chi connectivity index (χ3n) is 9.97. The Kier molecular flexibility index (Phi) is 19.1. The van der Waals surface area contributed by atoms with Crippen LogP contribution in [0.5, 0.6) is 0 Å². The minimum atomic E-state index is 1.21. The summed E-state index contributed by atoms with van der Waals surface area (Å²) in [5.41, 5.74) is 3.33. The van der Waals surface area contributed by atoms with Gasteiger partial charge in [-0.05, 0) is 117 Å². The molecular formula is C44H58Br2S5. The summed E-state index contributed by atoms with van der Waals surface area (Å²) >= 11 is 17.2. The van der Waals surface area contributed by atoms with Gasteiger partial charge in [-0.2, -0.15) is 0 Å². The molecule has 0 aliphatic rings. The fourth-order valence-corrected chi connectivity index (χ4v) is 13.7. The molecule has 0 nitrogen and oxygen atoms in total. The number of thiophene rings is 5. The molecule has 0 N–H and O–H groups in total. The van der Waals surface area contributed by atoms with Gasteiger partial charge in [-0.25, -0.2) is 0 Å². The van der Waals surface area contributed by atoms with Crippen molar-refractivity contribution in [2.75, 3.05) is 0 Å². The molecule has 0 spiro atoms. The maximum atomic E-state index is 3.70. The van der Waals surface area contributed by atoms with Gasteiger partial charge < -0.3 is 0 Å². The standard InChI is InChI=1S/C44H58Br2S5/c1-3-5-7-9-11-13-15-17-19-21-23-33-34(24-22-20-18-16-14-12-10-8-6-4-2)44(40-28-26-36(48-40)38-30-32-42(46)50-38)51-43(33)39-27-25-35(47-39)37-29-31-41(45)49-37/h25-32H,3-24H2,1-2H3. The fourth-order valence-electron chi connectivity index (χ4n) is 7.08. The Bertz CT molecular complexity index is 1560. The number of rotatable bonds is 26. The van der Waals surface area contributed by atoms with Crippen molar-refractivity contribution < 1.29 is 0 Å². The Morgan fingerprint density at radius 2 is 0.627 bits per heavy atom. The highest BCUT2D eigenvalue weighted by atomic mass is 79.9. The Balaban J connectivity index is 1.34. The van der Waals surface area contributed by atoms with Gasteiger partial charge in [-0.1, -0.05) is 129 Å². The lowest BCUT2D eigenvalue weighted by atomic mass is 9.95. The SMILES string of the molecule is CCCCCCCCCCCCc1c(-c2ccc(-c3ccc(Br)s3)s2)sc(-c2ccc(-c3ccc(Br)s3)s2)c1CCCCCCCCCCCC. The van der Waals surface area contributed by atoms with Crippen LogP contribution in [0.15, 0.2) is 56.1 Å². The summed E-state index contributed by atoms with van der Waals surface area (Å²) in [7, 11) is 0. The summed E-state index contributed by atoms with van der Waals surface area (Å²) in [4.78, 5) is 11.5. The molecule has 0 radical (unpaired) electrons. The van der Waals surface area contributed by atoms with E-state index in [1.807, 2.05) is 45.3 Å². The molecule has 7 heteroatoms. The first kappa shape index (κ1) is 41.6. The summed E-state index contributed by atoms with van der Waals surface area (Å²) in [6, 6.07) is 18.5. The smallest absolute Gasteiger partial charge is 0.0705 e. The third-order valence-corrected chi connectivity index (χ3v) is 17.4. The molecule has 5 aromatic rings. The molecule has 0 saturated heterocycles. The predicted octanol–water partition coefficient (Wildman–Crippen LogP) is 19.1. The minimum Gasteiger partial charge on any atom is -0.134 e. The van der Waals surface area contributed by atoms with Gasteiger partial charge in [-0.15, -0.1) is 56.7 Å². The molecule has 51 heavy (non-hydrogen) atoms. The van der Waals surface area contributed by atoms with Crippen molar-refractivity contribution in [3.8, 4) is 39.0 Å². The first-order valence-corrected chi connectivity index (χ1v) is 25.6. The topological polar surface area (TPSA) is 0 Å². The average Bonchev–Trinajstić information content (AvgIpc) is 3.97. The minimum absolute atomic E-state index is 1.21. The molecule has 5 heterocycles. The van der Waals surface area contributed by atoms with Crippen LogP contribution in [0.2, 0.25) is 0 Å². The lowest BCUT2D eigenvalue weighted by Gasteiger charge is -2.10. The van der Waals surface area contributed by atoms with Crippen molar-refractivity contribution >= 4 is 88.5 Å². The maximum absolute atomic E-state index is 3.70. The van der Waals surface area contributed by atoms with Crippen molar-refractivity contribution in [1.82, 2.24) is 0 Å². The summed E-state index contributed by atoms with van der Waals surface area (Å²) in [6.45, 7) is 4.62. The molecule has 278 valence electrons. The molecule has 0 amide bonds. The second kappa shape index (κ2) is 23.4. The van der Waals surface area contributed by atoms with Crippen molar-refractivity contribution in [2.45, 2.75) is 155 Å². The van der Waals surface area contributed by atoms with E-state index in [1.54, 1.807) is 20.9 Å². The van der Waals surface area contributed by atoms with Gasteiger partial charge >= 0.3 is 0 Å². The Labute approximate surface area is 346 Å². The van der Waals surface area contributed by atoms with Crippen LogP contribution in [0, 0.1) is 0 Å². The van der Waals surface area contributed by atoms with E-state index >= 15 is 0 Å². The summed E-state index contributed by atoms with van der Waals surface area (Å²) in [5.74, 6) is 0. The third kappa shape index (κ3) is 13.3. The molecule has 5 aromatic heterocycles. The molecule has 0 saturated carbocycles. The van der Waals surface area contributed by atoms with Crippen molar-refractivity contribution in [1.29, 1.82) is 0 Å². The first-order valence-electron chi connectivity index (χ1n) is 19.9. The van der Waals surface area contributed by atoms with E-state index in [0.717, 1.165) is 0 Å². The molecule has 0 fully saturated rings. The zero-order valence-corrected chi connectivity index (χ0v) is 38.2. The second-order valence-corrected chi connectivity index (χ2v) is 22.2. The van der Waals surface area contributed by atoms with E-state index in [1.165, 1.54) is 178 Å². The van der Waals surface area contributed by atoms with Crippen LogP contribution in [0.1, 0.15) is 153 Å². The molecule has 0 unspecified atom stereocenters. The van der Waals surface area contributed by atoms with E-state index in [-0.39, 0.29) is 0 Å². The van der Waals surface area contributed by atoms with Crippen molar-refractivity contribution in [2.24, 2.45) is 0 Å². The number of hydrogen-bond acceptors (Lipinski definition) is 5. The van der Waals surface area contributed by atoms with Crippen LogP contribution >= 0.6 is 88.5 Å². The van der Waals surface area contributed by atoms with Gasteiger partial charge in [0.15, 0.2) is 0 Å². The van der Waals surface area contributed by atoms with Gasteiger partial charge in [0.25, 0.3) is 0 Å². The summed E-state index contributed by atoms with van der Waals surface area (Å²) in [5, 5.41) is 0. The lowest BCUT2D eigenvalue weighted by Crippen LogP contribution is -1.95.